The summed E-state index contributed by atoms with van der Waals surface area (Å²) >= 11 is 6.08. The molecule has 3 rings (SSSR count). The zero-order chi connectivity index (χ0) is 21.3. The first-order valence-electron chi connectivity index (χ1n) is 8.32. The maximum atomic E-state index is 12.9. The predicted octanol–water partition coefficient (Wildman–Crippen LogP) is 3.02. The van der Waals surface area contributed by atoms with Crippen LogP contribution in [0.25, 0.3) is 6.08 Å². The third-order valence-electron chi connectivity index (χ3n) is 4.35. The number of nitrogens with zero attached hydrogens (tertiary/aromatic N) is 1. The lowest BCUT2D eigenvalue weighted by atomic mass is 10.0. The minimum absolute atomic E-state index is 0.130. The fourth-order valence-electron chi connectivity index (χ4n) is 2.86. The van der Waals surface area contributed by atoms with Gasteiger partial charge in [0.05, 0.1) is 12.8 Å². The van der Waals surface area contributed by atoms with Crippen LogP contribution in [0, 0.1) is 6.92 Å². The van der Waals surface area contributed by atoms with Crippen molar-refractivity contribution in [3.63, 3.8) is 0 Å². The Kier molecular flexibility index (Phi) is 5.38. The molecule has 0 aromatic heterocycles. The van der Waals surface area contributed by atoms with E-state index in [2.05, 4.69) is 5.32 Å². The van der Waals surface area contributed by atoms with Crippen LogP contribution in [-0.2, 0) is 9.59 Å². The van der Waals surface area contributed by atoms with E-state index in [0.717, 1.165) is 4.90 Å². The molecule has 2 N–H and O–H groups in total. The highest BCUT2D eigenvalue weighted by Crippen LogP contribution is 2.30. The van der Waals surface area contributed by atoms with Crippen molar-refractivity contribution >= 4 is 47.2 Å². The number of amides is 4. The van der Waals surface area contributed by atoms with Crippen molar-refractivity contribution in [1.82, 2.24) is 5.32 Å². The Hall–Kier alpha value is -3.65. The number of imide groups is 2. The molecule has 0 saturated carbocycles. The van der Waals surface area contributed by atoms with Gasteiger partial charge in [-0.25, -0.2) is 14.5 Å². The molecule has 2 aromatic carbocycles. The summed E-state index contributed by atoms with van der Waals surface area (Å²) in [5, 5.41) is 11.8. The molecule has 0 atom stereocenters. The normalized spacial score (nSPS) is 15.5. The van der Waals surface area contributed by atoms with E-state index in [1.807, 2.05) is 0 Å². The van der Waals surface area contributed by atoms with Crippen LogP contribution in [0.1, 0.15) is 21.5 Å². The van der Waals surface area contributed by atoms with Gasteiger partial charge in [0, 0.05) is 5.02 Å². The monoisotopic (exact) mass is 414 g/mol. The summed E-state index contributed by atoms with van der Waals surface area (Å²) in [5.74, 6) is -2.83. The number of rotatable bonds is 4. The first-order chi connectivity index (χ1) is 13.7. The van der Waals surface area contributed by atoms with E-state index in [1.165, 1.54) is 37.5 Å². The molecule has 0 radical (unpaired) electrons. The highest BCUT2D eigenvalue weighted by molar-refractivity contribution is 6.40. The van der Waals surface area contributed by atoms with Crippen LogP contribution >= 0.6 is 11.6 Å². The average molecular weight is 415 g/mol. The fourth-order valence-corrected chi connectivity index (χ4v) is 3.03. The Bertz CT molecular complexity index is 1090. The molecule has 1 saturated heterocycles. The number of ether oxygens (including phenoxy) is 1. The number of halogens is 1. The molecule has 0 bridgehead atoms. The highest BCUT2D eigenvalue weighted by Gasteiger charge is 2.37. The quantitative estimate of drug-likeness (QED) is 0.587. The Morgan fingerprint density at radius 1 is 1.21 bits per heavy atom. The number of anilines is 1. The van der Waals surface area contributed by atoms with E-state index >= 15 is 0 Å². The number of carboxylic acid groups (broad SMARTS) is 1. The summed E-state index contributed by atoms with van der Waals surface area (Å²) in [7, 11) is 1.33. The first kappa shape index (κ1) is 20.1. The lowest BCUT2D eigenvalue weighted by molar-refractivity contribution is -0.122. The number of barbiturate groups is 1. The maximum Gasteiger partial charge on any atom is 0.339 e. The van der Waals surface area contributed by atoms with Crippen molar-refractivity contribution in [2.45, 2.75) is 6.92 Å². The maximum absolute atomic E-state index is 12.9. The van der Waals surface area contributed by atoms with Gasteiger partial charge in [-0.15, -0.1) is 0 Å². The number of aromatic carboxylic acids is 1. The summed E-state index contributed by atoms with van der Waals surface area (Å²) in [6.45, 7) is 1.64. The number of methoxy groups -OCH3 is 1. The van der Waals surface area contributed by atoms with E-state index in [9.17, 15) is 24.3 Å². The summed E-state index contributed by atoms with van der Waals surface area (Å²) in [6, 6.07) is 7.98. The number of hydrogen-bond acceptors (Lipinski definition) is 5. The van der Waals surface area contributed by atoms with E-state index in [1.54, 1.807) is 19.1 Å². The van der Waals surface area contributed by atoms with Crippen molar-refractivity contribution in [1.29, 1.82) is 0 Å². The third-order valence-corrected chi connectivity index (χ3v) is 4.76. The number of hydrogen-bond donors (Lipinski definition) is 2. The largest absolute Gasteiger partial charge is 0.496 e. The van der Waals surface area contributed by atoms with Gasteiger partial charge in [0.15, 0.2) is 0 Å². The molecule has 2 aromatic rings. The third kappa shape index (κ3) is 3.70. The van der Waals surface area contributed by atoms with E-state index < -0.39 is 23.8 Å². The summed E-state index contributed by atoms with van der Waals surface area (Å²) in [5.41, 5.74) is 0.539. The van der Waals surface area contributed by atoms with Crippen molar-refractivity contribution < 1.29 is 29.0 Å². The molecular weight excluding hydrogens is 400 g/mol. The van der Waals surface area contributed by atoms with Gasteiger partial charge in [0.25, 0.3) is 11.8 Å². The number of carboxylic acids is 1. The first-order valence-corrected chi connectivity index (χ1v) is 8.70. The molecule has 1 aliphatic rings. The number of nitrogens with one attached hydrogen (secondary N) is 1. The number of carbonyl (C=O) groups excluding carboxylic acids is 3. The molecule has 148 valence electrons. The zero-order valence-corrected chi connectivity index (χ0v) is 16.1. The van der Waals surface area contributed by atoms with Gasteiger partial charge in [-0.05, 0) is 48.4 Å². The molecule has 8 nitrogen and oxygen atoms in total. The second-order valence-electron chi connectivity index (χ2n) is 6.11. The number of urea groups is 1. The van der Waals surface area contributed by atoms with Crippen LogP contribution in [0.4, 0.5) is 10.5 Å². The van der Waals surface area contributed by atoms with Crippen LogP contribution in [0.3, 0.4) is 0 Å². The van der Waals surface area contributed by atoms with Gasteiger partial charge in [0.2, 0.25) is 0 Å². The van der Waals surface area contributed by atoms with Gasteiger partial charge in [0.1, 0.15) is 16.9 Å². The van der Waals surface area contributed by atoms with E-state index in [-0.39, 0.29) is 28.1 Å². The zero-order valence-electron chi connectivity index (χ0n) is 15.4. The molecule has 29 heavy (non-hydrogen) atoms. The van der Waals surface area contributed by atoms with Crippen LogP contribution in [0.15, 0.2) is 42.0 Å². The van der Waals surface area contributed by atoms with Crippen LogP contribution in [0.2, 0.25) is 5.02 Å². The molecular formula is C20H15ClN2O6. The van der Waals surface area contributed by atoms with Crippen LogP contribution < -0.4 is 15.0 Å². The Morgan fingerprint density at radius 3 is 2.59 bits per heavy atom. The molecule has 4 amide bonds. The minimum atomic E-state index is -1.23. The predicted molar refractivity (Wildman–Crippen MR) is 105 cm³/mol. The smallest absolute Gasteiger partial charge is 0.339 e. The Morgan fingerprint density at radius 2 is 1.93 bits per heavy atom. The van der Waals surface area contributed by atoms with Gasteiger partial charge >= 0.3 is 12.0 Å². The van der Waals surface area contributed by atoms with Crippen molar-refractivity contribution in [3.8, 4) is 5.75 Å². The molecule has 0 unspecified atom stereocenters. The lowest BCUT2D eigenvalue weighted by Gasteiger charge is -2.27. The minimum Gasteiger partial charge on any atom is -0.496 e. The second-order valence-corrected chi connectivity index (χ2v) is 6.51. The summed E-state index contributed by atoms with van der Waals surface area (Å²) in [6.07, 6.45) is 1.21. The van der Waals surface area contributed by atoms with Gasteiger partial charge < -0.3 is 9.84 Å². The molecule has 1 heterocycles. The lowest BCUT2D eigenvalue weighted by Crippen LogP contribution is -2.54. The van der Waals surface area contributed by atoms with E-state index in [0.29, 0.717) is 10.6 Å². The van der Waals surface area contributed by atoms with E-state index in [4.69, 9.17) is 16.3 Å². The molecule has 9 heteroatoms. The number of benzene rings is 2. The van der Waals surface area contributed by atoms with Crippen molar-refractivity contribution in [2.24, 2.45) is 0 Å². The van der Waals surface area contributed by atoms with Crippen LogP contribution in [-0.4, -0.2) is 36.0 Å². The molecule has 1 aliphatic heterocycles. The van der Waals surface area contributed by atoms with Crippen molar-refractivity contribution in [3.05, 3.63) is 63.7 Å². The molecule has 0 spiro atoms. The summed E-state index contributed by atoms with van der Waals surface area (Å²) < 4.78 is 4.99. The second kappa shape index (κ2) is 7.76. The van der Waals surface area contributed by atoms with Gasteiger partial charge in [-0.3, -0.25) is 14.9 Å². The SMILES string of the molecule is COc1ccc(C=C2C(=O)NC(=O)N(c3cccc(Cl)c3C)C2=O)cc1C(=O)O. The van der Waals surface area contributed by atoms with Gasteiger partial charge in [-0.2, -0.15) is 0 Å². The topological polar surface area (TPSA) is 113 Å². The number of carbonyl (C=O) groups is 4. The highest BCUT2D eigenvalue weighted by atomic mass is 35.5. The summed E-state index contributed by atoms with van der Waals surface area (Å²) in [4.78, 5) is 49.7. The average Bonchev–Trinajstić information content (AvgIpc) is 2.68. The van der Waals surface area contributed by atoms with Crippen LogP contribution in [0.5, 0.6) is 5.75 Å². The van der Waals surface area contributed by atoms with Crippen molar-refractivity contribution in [2.75, 3.05) is 12.0 Å². The molecule has 1 fully saturated rings. The standard InChI is InChI=1S/C20H15ClN2O6/c1-10-14(21)4-3-5-15(10)23-18(25)13(17(24)22-20(23)28)9-11-6-7-16(29-2)12(8-11)19(26)27/h3-9H,1-2H3,(H,26,27)(H,22,24,28). The fraction of sp³-hybridized carbons (Fsp3) is 0.100. The molecule has 0 aliphatic carbocycles. The Balaban J connectivity index is 2.07. The van der Waals surface area contributed by atoms with Gasteiger partial charge in [-0.1, -0.05) is 23.7 Å². The Labute approximate surface area is 170 Å².